The summed E-state index contributed by atoms with van der Waals surface area (Å²) in [7, 11) is 1.86. The molecule has 0 bridgehead atoms. The second-order valence-corrected chi connectivity index (χ2v) is 8.46. The van der Waals surface area contributed by atoms with Crippen LogP contribution < -0.4 is 5.32 Å². The van der Waals surface area contributed by atoms with Crippen molar-refractivity contribution < 1.29 is 9.90 Å². The first-order chi connectivity index (χ1) is 13.7. The van der Waals surface area contributed by atoms with Gasteiger partial charge in [0.2, 0.25) is 0 Å². The number of allylic oxidation sites excluding steroid dienone is 1. The Morgan fingerprint density at radius 1 is 1.17 bits per heavy atom. The molecule has 0 heterocycles. The number of carbonyl (C=O) groups excluding carboxylic acids is 1. The van der Waals surface area contributed by atoms with Crippen molar-refractivity contribution in [3.8, 4) is 0 Å². The third-order valence-electron chi connectivity index (χ3n) is 5.80. The summed E-state index contributed by atoms with van der Waals surface area (Å²) in [5.41, 5.74) is 4.42. The maximum absolute atomic E-state index is 13.6. The predicted octanol–water partition coefficient (Wildman–Crippen LogP) is 5.68. The van der Waals surface area contributed by atoms with Crippen LogP contribution >= 0.6 is 12.6 Å². The molecule has 0 saturated carbocycles. The first-order valence-electron chi connectivity index (χ1n) is 10.2. The molecule has 0 aliphatic carbocycles. The van der Waals surface area contributed by atoms with Gasteiger partial charge in [0.25, 0.3) is 0 Å². The van der Waals surface area contributed by atoms with Gasteiger partial charge in [-0.15, -0.1) is 0 Å². The Hall–Kier alpha value is -2.04. The molecule has 0 aromatic heterocycles. The Balaban J connectivity index is 2.79. The number of thiol groups is 1. The third-order valence-corrected chi connectivity index (χ3v) is 6.52. The lowest BCUT2D eigenvalue weighted by molar-refractivity contribution is -0.124. The molecule has 3 atom stereocenters. The van der Waals surface area contributed by atoms with E-state index in [2.05, 4.69) is 5.32 Å². The van der Waals surface area contributed by atoms with E-state index in [0.29, 0.717) is 0 Å². The van der Waals surface area contributed by atoms with E-state index in [-0.39, 0.29) is 23.5 Å². The van der Waals surface area contributed by atoms with E-state index in [1.54, 1.807) is 6.92 Å². The van der Waals surface area contributed by atoms with E-state index in [0.717, 1.165) is 34.2 Å². The van der Waals surface area contributed by atoms with Crippen molar-refractivity contribution in [1.82, 2.24) is 5.32 Å². The van der Waals surface area contributed by atoms with Crippen molar-refractivity contribution in [1.29, 1.82) is 0 Å². The molecule has 0 fully saturated rings. The molecule has 2 aromatic rings. The minimum Gasteiger partial charge on any atom is -0.512 e. The normalized spacial score (nSPS) is 16.5. The smallest absolute Gasteiger partial charge is 0.160 e. The SMILES string of the molecule is CCC(C)C(=O)C(S)(c1ccccc1)c1cc(/C(=C(\C)O)C(C)NC)ccc1C. The van der Waals surface area contributed by atoms with Gasteiger partial charge >= 0.3 is 0 Å². The summed E-state index contributed by atoms with van der Waals surface area (Å²) in [4.78, 5) is 13.6. The lowest BCUT2D eigenvalue weighted by atomic mass is 9.78. The predicted molar refractivity (Wildman–Crippen MR) is 126 cm³/mol. The van der Waals surface area contributed by atoms with Gasteiger partial charge in [-0.05, 0) is 62.6 Å². The molecule has 156 valence electrons. The van der Waals surface area contributed by atoms with Crippen molar-refractivity contribution in [2.45, 2.75) is 51.8 Å². The van der Waals surface area contributed by atoms with Gasteiger partial charge in [-0.25, -0.2) is 0 Å². The molecule has 0 aliphatic rings. The number of aliphatic hydroxyl groups excluding tert-OH is 1. The quantitative estimate of drug-likeness (QED) is 0.387. The average molecular weight is 412 g/mol. The summed E-state index contributed by atoms with van der Waals surface area (Å²) in [6.45, 7) is 9.69. The average Bonchev–Trinajstić information content (AvgIpc) is 2.73. The van der Waals surface area contributed by atoms with Gasteiger partial charge in [0.1, 0.15) is 4.75 Å². The molecular weight excluding hydrogens is 378 g/mol. The lowest BCUT2D eigenvalue weighted by Crippen LogP contribution is -2.36. The summed E-state index contributed by atoms with van der Waals surface area (Å²) < 4.78 is -1.06. The number of ketones is 1. The highest BCUT2D eigenvalue weighted by Gasteiger charge is 2.41. The number of nitrogens with one attached hydrogen (secondary N) is 1. The zero-order chi connectivity index (χ0) is 21.8. The number of aryl methyl sites for hydroxylation is 1. The maximum Gasteiger partial charge on any atom is 0.160 e. The fourth-order valence-electron chi connectivity index (χ4n) is 3.75. The van der Waals surface area contributed by atoms with Crippen LogP contribution in [0.3, 0.4) is 0 Å². The summed E-state index contributed by atoms with van der Waals surface area (Å²) in [5.74, 6) is 0.226. The van der Waals surface area contributed by atoms with Gasteiger partial charge in [-0.3, -0.25) is 4.79 Å². The molecule has 3 nitrogen and oxygen atoms in total. The van der Waals surface area contributed by atoms with Crippen LogP contribution in [0.4, 0.5) is 0 Å². The van der Waals surface area contributed by atoms with Crippen LogP contribution in [0.15, 0.2) is 54.3 Å². The largest absolute Gasteiger partial charge is 0.512 e. The van der Waals surface area contributed by atoms with Gasteiger partial charge in [0.05, 0.1) is 5.76 Å². The molecule has 2 N–H and O–H groups in total. The molecular formula is C25H33NO2S. The lowest BCUT2D eigenvalue weighted by Gasteiger charge is -2.33. The minimum atomic E-state index is -1.06. The van der Waals surface area contributed by atoms with Crippen LogP contribution in [-0.4, -0.2) is 24.0 Å². The van der Waals surface area contributed by atoms with Gasteiger partial charge in [-0.2, -0.15) is 12.6 Å². The van der Waals surface area contributed by atoms with Gasteiger partial charge in [0, 0.05) is 17.5 Å². The summed E-state index contributed by atoms with van der Waals surface area (Å²) >= 11 is 5.05. The van der Waals surface area contributed by atoms with Crippen molar-refractivity contribution >= 4 is 24.0 Å². The van der Waals surface area contributed by atoms with Crippen molar-refractivity contribution in [2.75, 3.05) is 7.05 Å². The summed E-state index contributed by atoms with van der Waals surface area (Å²) in [6, 6.07) is 15.7. The number of hydrogen-bond acceptors (Lipinski definition) is 4. The number of carbonyl (C=O) groups is 1. The Morgan fingerprint density at radius 2 is 1.79 bits per heavy atom. The Morgan fingerprint density at radius 3 is 2.31 bits per heavy atom. The first-order valence-corrected chi connectivity index (χ1v) is 10.6. The Kier molecular flexibility index (Phi) is 7.73. The number of hydrogen-bond donors (Lipinski definition) is 3. The highest BCUT2D eigenvalue weighted by atomic mass is 32.1. The molecule has 2 aromatic carbocycles. The number of rotatable bonds is 8. The molecule has 4 heteroatoms. The standard InChI is InChI=1S/C25H33NO2S/c1-7-16(2)24(28)25(29,21-11-9-8-10-12-21)22-15-20(14-13-17(22)3)23(19(5)27)18(4)26-6/h8-16,18,26-27,29H,7H2,1-6H3/b23-19+. The topological polar surface area (TPSA) is 49.3 Å². The second kappa shape index (κ2) is 9.64. The molecule has 0 radical (unpaired) electrons. The molecule has 0 aliphatic heterocycles. The van der Waals surface area contributed by atoms with Gasteiger partial charge in [-0.1, -0.05) is 56.3 Å². The number of benzene rings is 2. The van der Waals surface area contributed by atoms with Crippen LogP contribution in [-0.2, 0) is 9.54 Å². The zero-order valence-corrected chi connectivity index (χ0v) is 19.2. The molecule has 0 amide bonds. The van der Waals surface area contributed by atoms with Gasteiger partial charge < -0.3 is 10.4 Å². The fraction of sp³-hybridized carbons (Fsp3) is 0.400. The van der Waals surface area contributed by atoms with E-state index < -0.39 is 4.75 Å². The van der Waals surface area contributed by atoms with Crippen molar-refractivity contribution in [3.05, 3.63) is 76.5 Å². The maximum atomic E-state index is 13.6. The second-order valence-electron chi connectivity index (χ2n) is 7.79. The van der Waals surface area contributed by atoms with E-state index in [4.69, 9.17) is 12.6 Å². The summed E-state index contributed by atoms with van der Waals surface area (Å²) in [6.07, 6.45) is 0.754. The zero-order valence-electron chi connectivity index (χ0n) is 18.3. The van der Waals surface area contributed by atoms with E-state index in [9.17, 15) is 9.90 Å². The van der Waals surface area contributed by atoms with Crippen molar-refractivity contribution in [2.24, 2.45) is 5.92 Å². The van der Waals surface area contributed by atoms with E-state index in [1.807, 2.05) is 83.3 Å². The van der Waals surface area contributed by atoms with Crippen LogP contribution in [0.25, 0.3) is 5.57 Å². The van der Waals surface area contributed by atoms with Crippen LogP contribution in [0.5, 0.6) is 0 Å². The molecule has 2 rings (SSSR count). The number of Topliss-reactive ketones (excluding diaryl/α,β-unsaturated/α-hetero) is 1. The monoisotopic (exact) mass is 411 g/mol. The van der Waals surface area contributed by atoms with Gasteiger partial charge in [0.15, 0.2) is 5.78 Å². The minimum absolute atomic E-state index is 0.0353. The van der Waals surface area contributed by atoms with E-state index >= 15 is 0 Å². The Bertz CT molecular complexity index is 887. The fourth-order valence-corrected chi connectivity index (χ4v) is 4.36. The summed E-state index contributed by atoms with van der Waals surface area (Å²) in [5, 5.41) is 13.5. The van der Waals surface area contributed by atoms with E-state index in [1.165, 1.54) is 0 Å². The molecule has 0 spiro atoms. The molecule has 0 saturated heterocycles. The molecule has 29 heavy (non-hydrogen) atoms. The Labute approximate surface area is 180 Å². The number of likely N-dealkylation sites (N-methyl/N-ethyl adjacent to an activating group) is 1. The first kappa shape index (κ1) is 23.2. The highest BCUT2D eigenvalue weighted by molar-refractivity contribution is 7.82. The molecule has 3 unspecified atom stereocenters. The van der Waals surface area contributed by atoms with Crippen LogP contribution in [0, 0.1) is 12.8 Å². The van der Waals surface area contributed by atoms with Crippen LogP contribution in [0.1, 0.15) is 56.4 Å². The number of aliphatic hydroxyl groups is 1. The third kappa shape index (κ3) is 4.59. The highest BCUT2D eigenvalue weighted by Crippen LogP contribution is 2.42. The van der Waals surface area contributed by atoms with Crippen molar-refractivity contribution in [3.63, 3.8) is 0 Å². The van der Waals surface area contributed by atoms with Crippen LogP contribution in [0.2, 0.25) is 0 Å².